The van der Waals surface area contributed by atoms with Gasteiger partial charge in [0.2, 0.25) is 0 Å². The van der Waals surface area contributed by atoms with Crippen LogP contribution in [0.1, 0.15) is 36.3 Å². The van der Waals surface area contributed by atoms with Gasteiger partial charge in [-0.1, -0.05) is 60.7 Å². The average Bonchev–Trinajstić information content (AvgIpc) is 2.50. The number of benzene rings is 2. The van der Waals surface area contributed by atoms with Gasteiger partial charge in [-0.25, -0.2) is 0 Å². The van der Waals surface area contributed by atoms with Crippen molar-refractivity contribution in [2.75, 3.05) is 0 Å². The summed E-state index contributed by atoms with van der Waals surface area (Å²) in [6.07, 6.45) is 7.19. The molecule has 2 aromatic rings. The molecule has 0 aliphatic carbocycles. The van der Waals surface area contributed by atoms with Gasteiger partial charge < -0.3 is 0 Å². The van der Waals surface area contributed by atoms with Gasteiger partial charge in [-0.15, -0.1) is 12.3 Å². The number of ketones is 1. The first kappa shape index (κ1) is 14.1. The van der Waals surface area contributed by atoms with Gasteiger partial charge in [0.1, 0.15) is 5.78 Å². The molecule has 0 aromatic heterocycles. The van der Waals surface area contributed by atoms with Gasteiger partial charge in [0, 0.05) is 12.8 Å². The van der Waals surface area contributed by atoms with Crippen LogP contribution in [0.3, 0.4) is 0 Å². The Labute approximate surface area is 120 Å². The second kappa shape index (κ2) is 7.31. The molecule has 100 valence electrons. The van der Waals surface area contributed by atoms with Crippen LogP contribution in [0.2, 0.25) is 0 Å². The predicted molar refractivity (Wildman–Crippen MR) is 82.4 cm³/mol. The number of carbonyl (C=O) groups excluding carboxylic acids is 1. The van der Waals surface area contributed by atoms with Crippen LogP contribution in [-0.2, 0) is 4.79 Å². The van der Waals surface area contributed by atoms with Gasteiger partial charge in [0.15, 0.2) is 0 Å². The minimum atomic E-state index is -0.185. The second-order valence-corrected chi connectivity index (χ2v) is 4.78. The molecular formula is C19H18O. The topological polar surface area (TPSA) is 17.1 Å². The fourth-order valence-corrected chi connectivity index (χ4v) is 2.36. The molecule has 0 fully saturated rings. The number of hydrogen-bond donors (Lipinski definition) is 0. The summed E-state index contributed by atoms with van der Waals surface area (Å²) in [6.45, 7) is 0. The summed E-state index contributed by atoms with van der Waals surface area (Å²) in [5, 5.41) is 0. The molecule has 0 atom stereocenters. The van der Waals surface area contributed by atoms with Gasteiger partial charge in [-0.2, -0.15) is 0 Å². The summed E-state index contributed by atoms with van der Waals surface area (Å²) in [4.78, 5) is 12.6. The van der Waals surface area contributed by atoms with Gasteiger partial charge in [-0.3, -0.25) is 4.79 Å². The number of carbonyl (C=O) groups is 1. The molecule has 0 aliphatic heterocycles. The molecule has 2 aromatic carbocycles. The molecule has 0 amide bonds. The average molecular weight is 262 g/mol. The lowest BCUT2D eigenvalue weighted by atomic mass is 9.86. The van der Waals surface area contributed by atoms with Crippen LogP contribution in [0.15, 0.2) is 60.7 Å². The van der Waals surface area contributed by atoms with Gasteiger partial charge in [0.25, 0.3) is 0 Å². The summed E-state index contributed by atoms with van der Waals surface area (Å²) in [7, 11) is 0. The van der Waals surface area contributed by atoms with Crippen molar-refractivity contribution < 1.29 is 4.79 Å². The largest absolute Gasteiger partial charge is 0.299 e. The number of rotatable bonds is 6. The Morgan fingerprint density at radius 1 is 0.950 bits per heavy atom. The van der Waals surface area contributed by atoms with Crippen LogP contribution < -0.4 is 0 Å². The van der Waals surface area contributed by atoms with E-state index in [0.29, 0.717) is 12.8 Å². The zero-order chi connectivity index (χ0) is 14.2. The highest BCUT2D eigenvalue weighted by Gasteiger charge is 2.21. The van der Waals surface area contributed by atoms with Crippen molar-refractivity contribution >= 4 is 5.78 Å². The third kappa shape index (κ3) is 3.59. The Hall–Kier alpha value is -2.33. The Kier molecular flexibility index (Phi) is 5.15. The molecule has 0 spiro atoms. The van der Waals surface area contributed by atoms with E-state index in [1.54, 1.807) is 0 Å². The molecule has 0 bridgehead atoms. The van der Waals surface area contributed by atoms with E-state index in [-0.39, 0.29) is 11.7 Å². The third-order valence-corrected chi connectivity index (χ3v) is 3.33. The number of unbranched alkanes of at least 4 members (excludes halogenated alkanes) is 1. The fraction of sp³-hybridized carbons (Fsp3) is 0.211. The Morgan fingerprint density at radius 3 is 1.90 bits per heavy atom. The van der Waals surface area contributed by atoms with Gasteiger partial charge in [-0.05, 0) is 17.5 Å². The maximum absolute atomic E-state index is 12.6. The minimum absolute atomic E-state index is 0.185. The van der Waals surface area contributed by atoms with Gasteiger partial charge >= 0.3 is 0 Å². The molecule has 0 N–H and O–H groups in total. The highest BCUT2D eigenvalue weighted by Crippen LogP contribution is 2.27. The van der Waals surface area contributed by atoms with Crippen molar-refractivity contribution in [3.05, 3.63) is 71.8 Å². The Bertz CT molecular complexity index is 539. The van der Waals surface area contributed by atoms with Crippen molar-refractivity contribution in [3.63, 3.8) is 0 Å². The van der Waals surface area contributed by atoms with Crippen LogP contribution >= 0.6 is 0 Å². The summed E-state index contributed by atoms with van der Waals surface area (Å²) < 4.78 is 0. The molecule has 0 saturated heterocycles. The molecule has 0 radical (unpaired) electrons. The molecule has 0 aliphatic rings. The first-order valence-corrected chi connectivity index (χ1v) is 6.89. The van der Waals surface area contributed by atoms with E-state index >= 15 is 0 Å². The van der Waals surface area contributed by atoms with Gasteiger partial charge in [0.05, 0.1) is 5.92 Å². The first-order chi connectivity index (χ1) is 9.83. The summed E-state index contributed by atoms with van der Waals surface area (Å²) in [6, 6.07) is 19.9. The molecule has 1 nitrogen and oxygen atoms in total. The maximum Gasteiger partial charge on any atom is 0.144 e. The molecule has 20 heavy (non-hydrogen) atoms. The van der Waals surface area contributed by atoms with Crippen LogP contribution in [0.25, 0.3) is 0 Å². The van der Waals surface area contributed by atoms with Crippen molar-refractivity contribution in [2.45, 2.75) is 25.2 Å². The van der Waals surface area contributed by atoms with Crippen LogP contribution in [-0.4, -0.2) is 5.78 Å². The SMILES string of the molecule is C#CCCCC(=O)C(c1ccccc1)c1ccccc1. The van der Waals surface area contributed by atoms with Crippen molar-refractivity contribution in [1.82, 2.24) is 0 Å². The maximum atomic E-state index is 12.6. The Balaban J connectivity index is 2.26. The summed E-state index contributed by atoms with van der Waals surface area (Å²) in [5.74, 6) is 2.64. The molecular weight excluding hydrogens is 244 g/mol. The van der Waals surface area contributed by atoms with E-state index in [2.05, 4.69) is 5.92 Å². The van der Waals surface area contributed by atoms with E-state index in [9.17, 15) is 4.79 Å². The highest BCUT2D eigenvalue weighted by atomic mass is 16.1. The summed E-state index contributed by atoms with van der Waals surface area (Å²) in [5.41, 5.74) is 2.09. The molecule has 0 unspecified atom stereocenters. The van der Waals surface area contributed by atoms with Crippen LogP contribution in [0, 0.1) is 12.3 Å². The van der Waals surface area contributed by atoms with E-state index in [4.69, 9.17) is 6.42 Å². The standard InChI is InChI=1S/C19H18O/c1-2-3-6-15-18(20)19(16-11-7-4-8-12-16)17-13-9-5-10-14-17/h1,4-5,7-14,19H,3,6,15H2. The van der Waals surface area contributed by atoms with Crippen LogP contribution in [0.4, 0.5) is 0 Å². The quantitative estimate of drug-likeness (QED) is 0.563. The third-order valence-electron chi connectivity index (χ3n) is 3.33. The lowest BCUT2D eigenvalue weighted by molar-refractivity contribution is -0.119. The lowest BCUT2D eigenvalue weighted by Gasteiger charge is -2.16. The normalized spacial score (nSPS) is 10.2. The van der Waals surface area contributed by atoms with E-state index in [0.717, 1.165) is 17.5 Å². The van der Waals surface area contributed by atoms with E-state index in [1.165, 1.54) is 0 Å². The Morgan fingerprint density at radius 2 is 1.45 bits per heavy atom. The lowest BCUT2D eigenvalue weighted by Crippen LogP contribution is -2.13. The monoisotopic (exact) mass is 262 g/mol. The zero-order valence-electron chi connectivity index (χ0n) is 11.5. The minimum Gasteiger partial charge on any atom is -0.299 e. The number of hydrogen-bond acceptors (Lipinski definition) is 1. The van der Waals surface area contributed by atoms with Crippen molar-refractivity contribution in [2.24, 2.45) is 0 Å². The second-order valence-electron chi connectivity index (χ2n) is 4.78. The van der Waals surface area contributed by atoms with E-state index in [1.807, 2.05) is 60.7 Å². The van der Waals surface area contributed by atoms with E-state index < -0.39 is 0 Å². The molecule has 2 rings (SSSR count). The highest BCUT2D eigenvalue weighted by molar-refractivity contribution is 5.89. The number of Topliss-reactive ketones (excluding diaryl/α,β-unsaturated/α-hetero) is 1. The van der Waals surface area contributed by atoms with Crippen molar-refractivity contribution in [1.29, 1.82) is 0 Å². The number of terminal acetylenes is 1. The fourth-order valence-electron chi connectivity index (χ4n) is 2.36. The molecule has 0 saturated carbocycles. The van der Waals surface area contributed by atoms with Crippen LogP contribution in [0.5, 0.6) is 0 Å². The molecule has 0 heterocycles. The zero-order valence-corrected chi connectivity index (χ0v) is 11.5. The molecule has 1 heteroatoms. The first-order valence-electron chi connectivity index (χ1n) is 6.89. The summed E-state index contributed by atoms with van der Waals surface area (Å²) >= 11 is 0. The predicted octanol–water partition coefficient (Wildman–Crippen LogP) is 4.19. The smallest absolute Gasteiger partial charge is 0.144 e. The van der Waals surface area contributed by atoms with Crippen molar-refractivity contribution in [3.8, 4) is 12.3 Å².